The number of hydrogen-bond acceptors (Lipinski definition) is 3. The Kier molecular flexibility index (Phi) is 2.43. The van der Waals surface area contributed by atoms with Gasteiger partial charge in [0.15, 0.2) is 0 Å². The monoisotopic (exact) mass is 221 g/mol. The van der Waals surface area contributed by atoms with E-state index in [0.717, 1.165) is 11.1 Å². The van der Waals surface area contributed by atoms with Crippen molar-refractivity contribution in [2.45, 2.75) is 0 Å². The van der Waals surface area contributed by atoms with Gasteiger partial charge in [-0.15, -0.1) is 10.2 Å². The topological polar surface area (TPSA) is 38.9 Å². The first kappa shape index (κ1) is 9.78. The van der Waals surface area contributed by atoms with Crippen LogP contribution < -0.4 is 0 Å². The molecule has 81 valence electrons. The van der Waals surface area contributed by atoms with Gasteiger partial charge < -0.3 is 4.42 Å². The zero-order valence-electron chi connectivity index (χ0n) is 9.00. The molecule has 0 N–H and O–H groups in total. The van der Waals surface area contributed by atoms with Crippen molar-refractivity contribution >= 4 is 0 Å². The molecule has 0 aliphatic rings. The van der Waals surface area contributed by atoms with Gasteiger partial charge in [0.05, 0.1) is 0 Å². The van der Waals surface area contributed by atoms with Crippen molar-refractivity contribution in [2.75, 3.05) is 0 Å². The Balaban J connectivity index is 1.99. The standard InChI is InChI=1S/C14H9N2O/c1-3-7-11(8-4-1)13-15-16-14(17-13)12-9-5-2-6-10-12/h1-9H. The summed E-state index contributed by atoms with van der Waals surface area (Å²) in [7, 11) is 0. The average Bonchev–Trinajstić information content (AvgIpc) is 2.90. The molecule has 0 saturated heterocycles. The highest BCUT2D eigenvalue weighted by Crippen LogP contribution is 2.22. The Morgan fingerprint density at radius 1 is 0.824 bits per heavy atom. The van der Waals surface area contributed by atoms with Gasteiger partial charge in [-0.1, -0.05) is 36.4 Å². The van der Waals surface area contributed by atoms with E-state index < -0.39 is 0 Å². The molecule has 1 heterocycles. The highest BCUT2D eigenvalue weighted by molar-refractivity contribution is 5.56. The average molecular weight is 221 g/mol. The fourth-order valence-corrected chi connectivity index (χ4v) is 1.56. The molecule has 0 amide bonds. The Hall–Kier alpha value is -2.42. The molecule has 0 unspecified atom stereocenters. The first-order chi connectivity index (χ1) is 8.43. The van der Waals surface area contributed by atoms with E-state index >= 15 is 0 Å². The van der Waals surface area contributed by atoms with E-state index in [2.05, 4.69) is 16.3 Å². The summed E-state index contributed by atoms with van der Waals surface area (Å²) in [6.07, 6.45) is 0. The smallest absolute Gasteiger partial charge is 0.248 e. The summed E-state index contributed by atoms with van der Waals surface area (Å²) in [5, 5.41) is 8.04. The molecular weight excluding hydrogens is 212 g/mol. The summed E-state index contributed by atoms with van der Waals surface area (Å²) in [6, 6.07) is 20.3. The third-order valence-electron chi connectivity index (χ3n) is 2.39. The molecule has 1 aromatic heterocycles. The van der Waals surface area contributed by atoms with E-state index in [0.29, 0.717) is 11.8 Å². The third kappa shape index (κ3) is 1.95. The number of aromatic nitrogens is 2. The molecule has 3 rings (SSSR count). The lowest BCUT2D eigenvalue weighted by molar-refractivity contribution is 0.584. The molecular formula is C14H9N2O. The third-order valence-corrected chi connectivity index (χ3v) is 2.39. The van der Waals surface area contributed by atoms with Gasteiger partial charge in [-0.2, -0.15) is 0 Å². The quantitative estimate of drug-likeness (QED) is 0.667. The molecule has 2 aromatic carbocycles. The summed E-state index contributed by atoms with van der Waals surface area (Å²) in [4.78, 5) is 0. The van der Waals surface area contributed by atoms with Crippen molar-refractivity contribution in [1.82, 2.24) is 10.2 Å². The molecule has 0 bridgehead atoms. The van der Waals surface area contributed by atoms with Gasteiger partial charge in [0.1, 0.15) is 0 Å². The largest absolute Gasteiger partial charge is 0.416 e. The van der Waals surface area contributed by atoms with Gasteiger partial charge in [-0.05, 0) is 24.3 Å². The second-order valence-corrected chi connectivity index (χ2v) is 3.55. The maximum atomic E-state index is 5.60. The number of nitrogens with zero attached hydrogens (tertiary/aromatic N) is 2. The Labute approximate surface area is 98.7 Å². The zero-order valence-corrected chi connectivity index (χ0v) is 9.00. The maximum Gasteiger partial charge on any atom is 0.248 e. The zero-order chi connectivity index (χ0) is 11.5. The van der Waals surface area contributed by atoms with Crippen molar-refractivity contribution in [3.8, 4) is 22.9 Å². The van der Waals surface area contributed by atoms with Gasteiger partial charge in [-0.3, -0.25) is 0 Å². The van der Waals surface area contributed by atoms with Crippen molar-refractivity contribution in [2.24, 2.45) is 0 Å². The molecule has 0 saturated carbocycles. The maximum absolute atomic E-state index is 5.60. The van der Waals surface area contributed by atoms with Crippen LogP contribution in [0.15, 0.2) is 59.0 Å². The second kappa shape index (κ2) is 4.22. The lowest BCUT2D eigenvalue weighted by atomic mass is 10.2. The molecule has 3 nitrogen and oxygen atoms in total. The summed E-state index contributed by atoms with van der Waals surface area (Å²) in [6.45, 7) is 0. The Bertz CT molecular complexity index is 548. The van der Waals surface area contributed by atoms with E-state index in [1.165, 1.54) is 0 Å². The van der Waals surface area contributed by atoms with Crippen LogP contribution in [0.5, 0.6) is 0 Å². The molecule has 1 radical (unpaired) electrons. The summed E-state index contributed by atoms with van der Waals surface area (Å²) in [5.41, 5.74) is 1.73. The predicted octanol–water partition coefficient (Wildman–Crippen LogP) is 3.20. The minimum Gasteiger partial charge on any atom is -0.416 e. The fourth-order valence-electron chi connectivity index (χ4n) is 1.56. The lowest BCUT2D eigenvalue weighted by Gasteiger charge is -1.93. The normalized spacial score (nSPS) is 10.4. The Morgan fingerprint density at radius 3 is 2.35 bits per heavy atom. The molecule has 0 aliphatic heterocycles. The molecule has 0 fully saturated rings. The number of benzene rings is 2. The van der Waals surface area contributed by atoms with Crippen LogP contribution in [-0.2, 0) is 0 Å². The minimum absolute atomic E-state index is 0.490. The van der Waals surface area contributed by atoms with Gasteiger partial charge in [-0.25, -0.2) is 0 Å². The first-order valence-electron chi connectivity index (χ1n) is 5.29. The molecule has 17 heavy (non-hydrogen) atoms. The van der Waals surface area contributed by atoms with E-state index in [-0.39, 0.29) is 0 Å². The van der Waals surface area contributed by atoms with Crippen LogP contribution in [0.3, 0.4) is 0 Å². The van der Waals surface area contributed by atoms with Gasteiger partial charge in [0.25, 0.3) is 0 Å². The number of hydrogen-bond donors (Lipinski definition) is 0. The lowest BCUT2D eigenvalue weighted by Crippen LogP contribution is -1.76. The van der Waals surface area contributed by atoms with Crippen LogP contribution >= 0.6 is 0 Å². The molecule has 3 heteroatoms. The second-order valence-electron chi connectivity index (χ2n) is 3.55. The van der Waals surface area contributed by atoms with E-state index in [1.54, 1.807) is 0 Å². The van der Waals surface area contributed by atoms with Crippen LogP contribution in [0.2, 0.25) is 0 Å². The minimum atomic E-state index is 0.490. The van der Waals surface area contributed by atoms with Crippen LogP contribution in [0, 0.1) is 6.07 Å². The predicted molar refractivity (Wildman–Crippen MR) is 64.0 cm³/mol. The SMILES string of the molecule is [c]1ccccc1-c1nnc(-c2ccccc2)o1. The van der Waals surface area contributed by atoms with Crippen LogP contribution in [0.25, 0.3) is 22.9 Å². The van der Waals surface area contributed by atoms with Crippen LogP contribution in [-0.4, -0.2) is 10.2 Å². The van der Waals surface area contributed by atoms with E-state index in [4.69, 9.17) is 4.42 Å². The van der Waals surface area contributed by atoms with Gasteiger partial charge >= 0.3 is 0 Å². The highest BCUT2D eigenvalue weighted by Gasteiger charge is 2.09. The van der Waals surface area contributed by atoms with Crippen LogP contribution in [0.1, 0.15) is 0 Å². The van der Waals surface area contributed by atoms with Crippen molar-refractivity contribution < 1.29 is 4.42 Å². The first-order valence-corrected chi connectivity index (χ1v) is 5.29. The van der Waals surface area contributed by atoms with E-state index in [1.807, 2.05) is 54.6 Å². The fraction of sp³-hybridized carbons (Fsp3) is 0. The molecule has 0 spiro atoms. The molecule has 3 aromatic rings. The molecule has 0 aliphatic carbocycles. The summed E-state index contributed by atoms with van der Waals surface area (Å²) in [5.74, 6) is 1.02. The van der Waals surface area contributed by atoms with Crippen molar-refractivity contribution in [3.63, 3.8) is 0 Å². The van der Waals surface area contributed by atoms with Gasteiger partial charge in [0.2, 0.25) is 11.8 Å². The summed E-state index contributed by atoms with van der Waals surface area (Å²) < 4.78 is 5.60. The highest BCUT2D eigenvalue weighted by atomic mass is 16.4. The number of rotatable bonds is 2. The van der Waals surface area contributed by atoms with Crippen molar-refractivity contribution in [3.05, 3.63) is 60.7 Å². The van der Waals surface area contributed by atoms with Crippen molar-refractivity contribution in [1.29, 1.82) is 0 Å². The Morgan fingerprint density at radius 2 is 1.59 bits per heavy atom. The van der Waals surface area contributed by atoms with Crippen LogP contribution in [0.4, 0.5) is 0 Å². The van der Waals surface area contributed by atoms with Gasteiger partial charge in [0, 0.05) is 11.1 Å². The van der Waals surface area contributed by atoms with E-state index in [9.17, 15) is 0 Å². The summed E-state index contributed by atoms with van der Waals surface area (Å²) >= 11 is 0. The molecule has 0 atom stereocenters.